The molecule has 1 rings (SSSR count). The minimum Gasteiger partial charge on any atom is -0.389 e. The summed E-state index contributed by atoms with van der Waals surface area (Å²) in [6.07, 6.45) is 8.92. The van der Waals surface area contributed by atoms with E-state index in [1.165, 1.54) is 0 Å². The van der Waals surface area contributed by atoms with Crippen molar-refractivity contribution in [2.24, 2.45) is 11.8 Å². The molecule has 130 valence electrons. The number of hydrogen-bond donors (Lipinski definition) is 2. The third-order valence-electron chi connectivity index (χ3n) is 4.39. The first kappa shape index (κ1) is 19.9. The number of hydrogen-bond acceptors (Lipinski definition) is 3. The molecule has 0 aromatic rings. The lowest BCUT2D eigenvalue weighted by atomic mass is 9.86. The molecule has 0 radical (unpaired) electrons. The van der Waals surface area contributed by atoms with E-state index in [1.54, 1.807) is 19.1 Å². The van der Waals surface area contributed by atoms with E-state index in [4.69, 9.17) is 0 Å². The summed E-state index contributed by atoms with van der Waals surface area (Å²) in [6, 6.07) is 0. The largest absolute Gasteiger partial charge is 0.389 e. The van der Waals surface area contributed by atoms with E-state index in [0.717, 1.165) is 24.0 Å². The second kappa shape index (κ2) is 8.60. The Bertz CT molecular complexity index is 495. The van der Waals surface area contributed by atoms with Crippen LogP contribution in [-0.2, 0) is 4.79 Å². The van der Waals surface area contributed by atoms with Gasteiger partial charge in [-0.3, -0.25) is 4.79 Å². The first-order chi connectivity index (χ1) is 10.6. The standard InChI is InChI=1S/C20H32O3/c1-14(2)17-7-6-15(3)10-18(21)11-16(4)12-19(22)13-20(5,23)9-8-17/h8-10,12,14,17,19,22-23H,6-7,11,13H2,1-5H3. The van der Waals surface area contributed by atoms with Gasteiger partial charge in [-0.05, 0) is 51.5 Å². The predicted molar refractivity (Wildman–Crippen MR) is 95.1 cm³/mol. The third-order valence-corrected chi connectivity index (χ3v) is 4.39. The molecule has 3 unspecified atom stereocenters. The van der Waals surface area contributed by atoms with Crippen LogP contribution in [0.1, 0.15) is 60.3 Å². The Labute approximate surface area is 140 Å². The molecule has 0 fully saturated rings. The van der Waals surface area contributed by atoms with E-state index in [1.807, 2.05) is 19.9 Å². The minimum absolute atomic E-state index is 0.0731. The second-order valence-corrected chi connectivity index (χ2v) is 7.58. The highest BCUT2D eigenvalue weighted by molar-refractivity contribution is 5.91. The zero-order valence-electron chi connectivity index (χ0n) is 15.2. The molecule has 0 aromatic carbocycles. The Morgan fingerprint density at radius 2 is 1.91 bits per heavy atom. The van der Waals surface area contributed by atoms with Crippen LogP contribution in [0.5, 0.6) is 0 Å². The van der Waals surface area contributed by atoms with Crippen LogP contribution in [-0.4, -0.2) is 27.7 Å². The zero-order chi connectivity index (χ0) is 17.6. The van der Waals surface area contributed by atoms with Crippen molar-refractivity contribution in [2.45, 2.75) is 72.0 Å². The van der Waals surface area contributed by atoms with Crippen LogP contribution in [0.15, 0.2) is 35.5 Å². The van der Waals surface area contributed by atoms with E-state index < -0.39 is 11.7 Å². The van der Waals surface area contributed by atoms with E-state index in [0.29, 0.717) is 18.3 Å². The highest BCUT2D eigenvalue weighted by Crippen LogP contribution is 2.25. The molecular formula is C20H32O3. The molecule has 1 aliphatic carbocycles. The van der Waals surface area contributed by atoms with Crippen LogP contribution < -0.4 is 0 Å². The fourth-order valence-corrected chi connectivity index (χ4v) is 2.99. The summed E-state index contributed by atoms with van der Waals surface area (Å²) in [5, 5.41) is 20.6. The van der Waals surface area contributed by atoms with Crippen molar-refractivity contribution in [3.63, 3.8) is 0 Å². The van der Waals surface area contributed by atoms with Crippen molar-refractivity contribution in [2.75, 3.05) is 0 Å². The molecule has 3 heteroatoms. The monoisotopic (exact) mass is 320 g/mol. The molecule has 0 saturated heterocycles. The average molecular weight is 320 g/mol. The first-order valence-corrected chi connectivity index (χ1v) is 8.56. The molecule has 3 nitrogen and oxygen atoms in total. The fourth-order valence-electron chi connectivity index (χ4n) is 2.99. The van der Waals surface area contributed by atoms with Gasteiger partial charge in [0.2, 0.25) is 0 Å². The molecule has 2 N–H and O–H groups in total. The summed E-state index contributed by atoms with van der Waals surface area (Å²) in [5.41, 5.74) is 0.872. The molecule has 1 aliphatic rings. The Kier molecular flexibility index (Phi) is 7.43. The fraction of sp³-hybridized carbons (Fsp3) is 0.650. The number of rotatable bonds is 1. The van der Waals surface area contributed by atoms with Crippen molar-refractivity contribution in [3.8, 4) is 0 Å². The third kappa shape index (κ3) is 7.76. The van der Waals surface area contributed by atoms with Gasteiger partial charge in [-0.25, -0.2) is 0 Å². The van der Waals surface area contributed by atoms with Gasteiger partial charge >= 0.3 is 0 Å². The lowest BCUT2D eigenvalue weighted by Gasteiger charge is -2.24. The number of aliphatic hydroxyl groups is 2. The highest BCUT2D eigenvalue weighted by atomic mass is 16.3. The molecule has 0 amide bonds. The maximum atomic E-state index is 12.1. The Morgan fingerprint density at radius 3 is 2.52 bits per heavy atom. The summed E-state index contributed by atoms with van der Waals surface area (Å²) in [7, 11) is 0. The molecule has 0 saturated carbocycles. The molecule has 0 heterocycles. The number of aliphatic hydroxyl groups excluding tert-OH is 1. The quantitative estimate of drug-likeness (QED) is 0.719. The van der Waals surface area contributed by atoms with Gasteiger partial charge in [0.1, 0.15) is 0 Å². The van der Waals surface area contributed by atoms with Crippen LogP contribution in [0.2, 0.25) is 0 Å². The second-order valence-electron chi connectivity index (χ2n) is 7.58. The topological polar surface area (TPSA) is 57.5 Å². The molecule has 0 spiro atoms. The number of carbonyl (C=O) groups is 1. The summed E-state index contributed by atoms with van der Waals surface area (Å²) in [4.78, 5) is 12.1. The lowest BCUT2D eigenvalue weighted by molar-refractivity contribution is -0.114. The molecule has 0 aliphatic heterocycles. The van der Waals surface area contributed by atoms with Crippen LogP contribution in [0.3, 0.4) is 0 Å². The summed E-state index contributed by atoms with van der Waals surface area (Å²) < 4.78 is 0. The maximum absolute atomic E-state index is 12.1. The number of ketones is 1. The van der Waals surface area contributed by atoms with Gasteiger partial charge in [0.25, 0.3) is 0 Å². The van der Waals surface area contributed by atoms with Gasteiger partial charge in [0.05, 0.1) is 11.7 Å². The van der Waals surface area contributed by atoms with Crippen LogP contribution in [0.25, 0.3) is 0 Å². The van der Waals surface area contributed by atoms with Crippen LogP contribution in [0.4, 0.5) is 0 Å². The van der Waals surface area contributed by atoms with E-state index in [9.17, 15) is 15.0 Å². The Hall–Kier alpha value is -1.19. The average Bonchev–Trinajstić information content (AvgIpc) is 2.35. The number of allylic oxidation sites excluding steroid dienone is 4. The maximum Gasteiger partial charge on any atom is 0.159 e. The zero-order valence-corrected chi connectivity index (χ0v) is 15.2. The first-order valence-electron chi connectivity index (χ1n) is 8.56. The van der Waals surface area contributed by atoms with E-state index in [2.05, 4.69) is 19.9 Å². The predicted octanol–water partition coefficient (Wildman–Crippen LogP) is 3.96. The number of carbonyl (C=O) groups excluding carboxylic acids is 1. The molecular weight excluding hydrogens is 288 g/mol. The smallest absolute Gasteiger partial charge is 0.159 e. The van der Waals surface area contributed by atoms with Gasteiger partial charge in [-0.1, -0.05) is 43.2 Å². The minimum atomic E-state index is -1.05. The van der Waals surface area contributed by atoms with Crippen molar-refractivity contribution in [1.29, 1.82) is 0 Å². The molecule has 3 atom stereocenters. The molecule has 0 bridgehead atoms. The molecule has 23 heavy (non-hydrogen) atoms. The van der Waals surface area contributed by atoms with Crippen molar-refractivity contribution in [3.05, 3.63) is 35.5 Å². The van der Waals surface area contributed by atoms with Crippen molar-refractivity contribution in [1.82, 2.24) is 0 Å². The molecule has 0 aromatic heterocycles. The van der Waals surface area contributed by atoms with E-state index in [-0.39, 0.29) is 12.2 Å². The van der Waals surface area contributed by atoms with Gasteiger partial charge in [0.15, 0.2) is 5.78 Å². The lowest BCUT2D eigenvalue weighted by Crippen LogP contribution is -2.27. The van der Waals surface area contributed by atoms with Crippen LogP contribution >= 0.6 is 0 Å². The SMILES string of the molecule is CC1=CC(=O)CC(C)=CC(O)CC(C)(O)C=CC(C(C)C)CC1. The van der Waals surface area contributed by atoms with Gasteiger partial charge in [-0.15, -0.1) is 0 Å². The van der Waals surface area contributed by atoms with Gasteiger partial charge in [0, 0.05) is 12.8 Å². The van der Waals surface area contributed by atoms with Crippen molar-refractivity contribution < 1.29 is 15.0 Å². The van der Waals surface area contributed by atoms with Gasteiger partial charge < -0.3 is 10.2 Å². The van der Waals surface area contributed by atoms with Crippen LogP contribution in [0, 0.1) is 11.8 Å². The Balaban J connectivity index is 3.08. The van der Waals surface area contributed by atoms with E-state index >= 15 is 0 Å². The summed E-state index contributed by atoms with van der Waals surface area (Å²) in [5.74, 6) is 0.881. The van der Waals surface area contributed by atoms with Crippen molar-refractivity contribution >= 4 is 5.78 Å². The van der Waals surface area contributed by atoms with Gasteiger partial charge in [-0.2, -0.15) is 0 Å². The summed E-state index contributed by atoms with van der Waals surface area (Å²) >= 11 is 0. The summed E-state index contributed by atoms with van der Waals surface area (Å²) in [6.45, 7) is 9.88. The highest BCUT2D eigenvalue weighted by Gasteiger charge is 2.22. The normalized spacial score (nSPS) is 31.6. The Morgan fingerprint density at radius 1 is 1.26 bits per heavy atom.